The van der Waals surface area contributed by atoms with E-state index in [1.54, 1.807) is 11.3 Å². The SMILES string of the molecule is CCCCCCNC(=O)CSc1nnc(-c2cc(Br)cs2)n1C. The van der Waals surface area contributed by atoms with Crippen molar-refractivity contribution in [1.29, 1.82) is 0 Å². The second-order valence-electron chi connectivity index (χ2n) is 5.19. The number of rotatable bonds is 9. The number of halogens is 1. The summed E-state index contributed by atoms with van der Waals surface area (Å²) < 4.78 is 2.97. The Morgan fingerprint density at radius 2 is 2.22 bits per heavy atom. The average molecular weight is 417 g/mol. The Labute approximate surface area is 153 Å². The van der Waals surface area contributed by atoms with Crippen molar-refractivity contribution in [3.05, 3.63) is 15.9 Å². The Hall–Kier alpha value is -0.860. The number of thioether (sulfide) groups is 1. The smallest absolute Gasteiger partial charge is 0.230 e. The summed E-state index contributed by atoms with van der Waals surface area (Å²) in [6.45, 7) is 2.94. The molecule has 0 fully saturated rings. The molecule has 126 valence electrons. The summed E-state index contributed by atoms with van der Waals surface area (Å²) >= 11 is 6.47. The van der Waals surface area contributed by atoms with Crippen LogP contribution in [0.3, 0.4) is 0 Å². The van der Waals surface area contributed by atoms with Crippen molar-refractivity contribution in [1.82, 2.24) is 20.1 Å². The molecule has 0 spiro atoms. The second-order valence-corrected chi connectivity index (χ2v) is 7.96. The Morgan fingerprint density at radius 1 is 1.39 bits per heavy atom. The second kappa shape index (κ2) is 9.44. The minimum Gasteiger partial charge on any atom is -0.355 e. The molecule has 0 aliphatic heterocycles. The van der Waals surface area contributed by atoms with Gasteiger partial charge in [-0.15, -0.1) is 21.5 Å². The van der Waals surface area contributed by atoms with E-state index in [-0.39, 0.29) is 5.91 Å². The molecule has 2 aromatic rings. The molecule has 2 aromatic heterocycles. The van der Waals surface area contributed by atoms with E-state index in [1.165, 1.54) is 31.0 Å². The lowest BCUT2D eigenvalue weighted by Gasteiger charge is -2.05. The minimum atomic E-state index is 0.0508. The van der Waals surface area contributed by atoms with Gasteiger partial charge >= 0.3 is 0 Å². The number of aromatic nitrogens is 3. The van der Waals surface area contributed by atoms with Crippen LogP contribution in [0.5, 0.6) is 0 Å². The fraction of sp³-hybridized carbons (Fsp3) is 0.533. The summed E-state index contributed by atoms with van der Waals surface area (Å²) in [6.07, 6.45) is 4.66. The maximum atomic E-state index is 11.8. The van der Waals surface area contributed by atoms with E-state index in [1.807, 2.05) is 23.1 Å². The zero-order valence-electron chi connectivity index (χ0n) is 13.3. The molecule has 1 amide bonds. The van der Waals surface area contributed by atoms with Crippen LogP contribution in [-0.4, -0.2) is 33.0 Å². The van der Waals surface area contributed by atoms with Crippen LogP contribution in [-0.2, 0) is 11.8 Å². The highest BCUT2D eigenvalue weighted by Gasteiger charge is 2.14. The number of carbonyl (C=O) groups is 1. The maximum absolute atomic E-state index is 11.8. The molecule has 0 saturated carbocycles. The molecule has 0 aliphatic rings. The van der Waals surface area contributed by atoms with E-state index >= 15 is 0 Å². The quantitative estimate of drug-likeness (QED) is 0.493. The third-order valence-corrected chi connectivity index (χ3v) is 6.01. The molecule has 0 bridgehead atoms. The number of hydrogen-bond acceptors (Lipinski definition) is 5. The molecule has 1 N–H and O–H groups in total. The lowest BCUT2D eigenvalue weighted by molar-refractivity contribution is -0.118. The Bertz CT molecular complexity index is 641. The van der Waals surface area contributed by atoms with E-state index in [9.17, 15) is 4.79 Å². The Kier molecular flexibility index (Phi) is 7.58. The summed E-state index contributed by atoms with van der Waals surface area (Å²) in [5.41, 5.74) is 0. The molecule has 0 radical (unpaired) electrons. The normalized spacial score (nSPS) is 10.9. The molecule has 0 atom stereocenters. The van der Waals surface area contributed by atoms with Crippen molar-refractivity contribution in [2.24, 2.45) is 7.05 Å². The zero-order chi connectivity index (χ0) is 16.7. The molecular formula is C15H21BrN4OS2. The monoisotopic (exact) mass is 416 g/mol. The molecular weight excluding hydrogens is 396 g/mol. The summed E-state index contributed by atoms with van der Waals surface area (Å²) in [7, 11) is 1.92. The van der Waals surface area contributed by atoms with Gasteiger partial charge in [0, 0.05) is 23.4 Å². The molecule has 23 heavy (non-hydrogen) atoms. The molecule has 0 aliphatic carbocycles. The third-order valence-electron chi connectivity index (χ3n) is 3.31. The summed E-state index contributed by atoms with van der Waals surface area (Å²) in [6, 6.07) is 2.02. The van der Waals surface area contributed by atoms with Crippen LogP contribution in [0.4, 0.5) is 0 Å². The van der Waals surface area contributed by atoms with Gasteiger partial charge in [0.2, 0.25) is 5.91 Å². The van der Waals surface area contributed by atoms with Crippen molar-refractivity contribution < 1.29 is 4.79 Å². The van der Waals surface area contributed by atoms with Crippen LogP contribution < -0.4 is 5.32 Å². The van der Waals surface area contributed by atoms with E-state index in [0.717, 1.165) is 33.3 Å². The van der Waals surface area contributed by atoms with Gasteiger partial charge in [0.25, 0.3) is 0 Å². The molecule has 5 nitrogen and oxygen atoms in total. The predicted molar refractivity (Wildman–Crippen MR) is 99.9 cm³/mol. The molecule has 0 aromatic carbocycles. The van der Waals surface area contributed by atoms with Gasteiger partial charge in [-0.1, -0.05) is 37.9 Å². The van der Waals surface area contributed by atoms with Crippen molar-refractivity contribution in [2.45, 2.75) is 37.8 Å². The van der Waals surface area contributed by atoms with Gasteiger partial charge in [0.05, 0.1) is 10.6 Å². The van der Waals surface area contributed by atoms with Gasteiger partial charge in [-0.2, -0.15) is 0 Å². The maximum Gasteiger partial charge on any atom is 0.230 e. The average Bonchev–Trinajstić information content (AvgIpc) is 3.11. The standard InChI is InChI=1S/C15H21BrN4OS2/c1-3-4-5-6-7-17-13(21)10-23-15-19-18-14(20(15)2)12-8-11(16)9-22-12/h8-9H,3-7,10H2,1-2H3,(H,17,21). The number of nitrogens with zero attached hydrogens (tertiary/aromatic N) is 3. The van der Waals surface area contributed by atoms with Crippen LogP contribution in [0, 0.1) is 0 Å². The number of unbranched alkanes of at least 4 members (excludes halogenated alkanes) is 3. The number of thiophene rings is 1. The van der Waals surface area contributed by atoms with Crippen molar-refractivity contribution >= 4 is 44.9 Å². The highest BCUT2D eigenvalue weighted by Crippen LogP contribution is 2.30. The summed E-state index contributed by atoms with van der Waals surface area (Å²) in [5.74, 6) is 1.24. The Morgan fingerprint density at radius 3 is 2.91 bits per heavy atom. The zero-order valence-corrected chi connectivity index (χ0v) is 16.6. The number of carbonyl (C=O) groups excluding carboxylic acids is 1. The predicted octanol–water partition coefficient (Wildman–Crippen LogP) is 4.09. The van der Waals surface area contributed by atoms with Gasteiger partial charge in [-0.3, -0.25) is 4.79 Å². The largest absolute Gasteiger partial charge is 0.355 e. The molecule has 2 rings (SSSR count). The van der Waals surface area contributed by atoms with Gasteiger partial charge in [-0.25, -0.2) is 0 Å². The first kappa shape index (κ1) is 18.5. The van der Waals surface area contributed by atoms with Crippen LogP contribution in [0.25, 0.3) is 10.7 Å². The molecule has 0 unspecified atom stereocenters. The topological polar surface area (TPSA) is 59.8 Å². The lowest BCUT2D eigenvalue weighted by atomic mass is 10.2. The van der Waals surface area contributed by atoms with Crippen molar-refractivity contribution in [2.75, 3.05) is 12.3 Å². The van der Waals surface area contributed by atoms with Gasteiger partial charge in [0.1, 0.15) is 0 Å². The number of amides is 1. The third kappa shape index (κ3) is 5.61. The lowest BCUT2D eigenvalue weighted by Crippen LogP contribution is -2.26. The van der Waals surface area contributed by atoms with Crippen LogP contribution in [0.1, 0.15) is 32.6 Å². The van der Waals surface area contributed by atoms with Gasteiger partial charge in [-0.05, 0) is 28.4 Å². The summed E-state index contributed by atoms with van der Waals surface area (Å²) in [5, 5.41) is 14.1. The minimum absolute atomic E-state index is 0.0508. The first-order valence-corrected chi connectivity index (χ1v) is 10.3. The highest BCUT2D eigenvalue weighted by atomic mass is 79.9. The summed E-state index contributed by atoms with van der Waals surface area (Å²) in [4.78, 5) is 12.9. The Balaban J connectivity index is 1.80. The fourth-order valence-electron chi connectivity index (χ4n) is 2.05. The molecule has 8 heteroatoms. The van der Waals surface area contributed by atoms with Gasteiger partial charge < -0.3 is 9.88 Å². The first-order chi connectivity index (χ1) is 11.1. The first-order valence-electron chi connectivity index (χ1n) is 7.65. The van der Waals surface area contributed by atoms with Crippen LogP contribution in [0.15, 0.2) is 21.1 Å². The van der Waals surface area contributed by atoms with Crippen LogP contribution in [0.2, 0.25) is 0 Å². The highest BCUT2D eigenvalue weighted by molar-refractivity contribution is 9.10. The molecule has 2 heterocycles. The van der Waals surface area contributed by atoms with Gasteiger partial charge in [0.15, 0.2) is 11.0 Å². The van der Waals surface area contributed by atoms with Crippen LogP contribution >= 0.6 is 39.0 Å². The van der Waals surface area contributed by atoms with E-state index in [0.29, 0.717) is 5.75 Å². The fourth-order valence-corrected chi connectivity index (χ4v) is 4.23. The van der Waals surface area contributed by atoms with E-state index in [4.69, 9.17) is 0 Å². The van der Waals surface area contributed by atoms with Crippen molar-refractivity contribution in [3.8, 4) is 10.7 Å². The van der Waals surface area contributed by atoms with Crippen molar-refractivity contribution in [3.63, 3.8) is 0 Å². The van der Waals surface area contributed by atoms with E-state index < -0.39 is 0 Å². The van der Waals surface area contributed by atoms with E-state index in [2.05, 4.69) is 38.4 Å². The number of hydrogen-bond donors (Lipinski definition) is 1. The molecule has 0 saturated heterocycles. The number of nitrogens with one attached hydrogen (secondary N) is 1.